The highest BCUT2D eigenvalue weighted by Gasteiger charge is 2.42. The molecular weight excluding hydrogens is 164 g/mol. The van der Waals surface area contributed by atoms with E-state index in [4.69, 9.17) is 5.11 Å². The first kappa shape index (κ1) is 8.58. The fraction of sp³-hybridized carbons (Fsp3) is 0.429. The minimum Gasteiger partial charge on any atom is -0.480 e. The standard InChI is InChI=1S/C7H8O5/c1-2-7(5(8)9)3-11-6(10)12-4-7/h2H,1,3-4H2,(H,8,9). The van der Waals surface area contributed by atoms with Crippen LogP contribution in [0.3, 0.4) is 0 Å². The van der Waals surface area contributed by atoms with Gasteiger partial charge in [0.25, 0.3) is 0 Å². The molecule has 1 aliphatic rings. The number of ether oxygens (including phenoxy) is 2. The average molecular weight is 172 g/mol. The normalized spacial score (nSPS) is 20.5. The lowest BCUT2D eigenvalue weighted by Gasteiger charge is -2.28. The zero-order chi connectivity index (χ0) is 9.19. The van der Waals surface area contributed by atoms with Crippen LogP contribution in [-0.4, -0.2) is 30.4 Å². The molecule has 0 bridgehead atoms. The number of hydrogen-bond donors (Lipinski definition) is 1. The highest BCUT2D eigenvalue weighted by Crippen LogP contribution is 2.24. The van der Waals surface area contributed by atoms with Crippen LogP contribution in [0.5, 0.6) is 0 Å². The number of carbonyl (C=O) groups excluding carboxylic acids is 1. The van der Waals surface area contributed by atoms with Gasteiger partial charge in [-0.05, 0) is 0 Å². The summed E-state index contributed by atoms with van der Waals surface area (Å²) in [6.07, 6.45) is 0.371. The Bertz CT molecular complexity index is 222. The van der Waals surface area contributed by atoms with Crippen molar-refractivity contribution < 1.29 is 24.2 Å². The predicted octanol–water partition coefficient (Wildman–Crippen LogP) is 0.410. The van der Waals surface area contributed by atoms with Gasteiger partial charge in [-0.2, -0.15) is 0 Å². The highest BCUT2D eigenvalue weighted by molar-refractivity contribution is 5.79. The van der Waals surface area contributed by atoms with Crippen molar-refractivity contribution in [3.8, 4) is 0 Å². The van der Waals surface area contributed by atoms with Gasteiger partial charge in [0.05, 0.1) is 0 Å². The van der Waals surface area contributed by atoms with Crippen LogP contribution in [0.15, 0.2) is 12.7 Å². The summed E-state index contributed by atoms with van der Waals surface area (Å²) in [6.45, 7) is 2.92. The molecule has 1 heterocycles. The monoisotopic (exact) mass is 172 g/mol. The summed E-state index contributed by atoms with van der Waals surface area (Å²) in [7, 11) is 0. The number of carboxylic acids is 1. The third-order valence-electron chi connectivity index (χ3n) is 1.71. The first-order valence-corrected chi connectivity index (χ1v) is 3.27. The Balaban J connectivity index is 2.76. The van der Waals surface area contributed by atoms with Crippen molar-refractivity contribution in [1.29, 1.82) is 0 Å². The Morgan fingerprint density at radius 3 is 2.42 bits per heavy atom. The van der Waals surface area contributed by atoms with E-state index in [1.807, 2.05) is 0 Å². The largest absolute Gasteiger partial charge is 0.508 e. The van der Waals surface area contributed by atoms with Crippen molar-refractivity contribution in [3.05, 3.63) is 12.7 Å². The second-order valence-corrected chi connectivity index (χ2v) is 2.49. The van der Waals surface area contributed by atoms with Gasteiger partial charge in [-0.25, -0.2) is 4.79 Å². The summed E-state index contributed by atoms with van der Waals surface area (Å²) in [5.41, 5.74) is -1.28. The molecule has 0 aliphatic carbocycles. The van der Waals surface area contributed by atoms with Crippen LogP contribution in [-0.2, 0) is 14.3 Å². The zero-order valence-electron chi connectivity index (χ0n) is 6.28. The molecule has 0 aromatic heterocycles. The lowest BCUT2D eigenvalue weighted by molar-refractivity contribution is -0.155. The molecule has 5 heteroatoms. The minimum absolute atomic E-state index is 0.218. The fourth-order valence-electron chi connectivity index (χ4n) is 0.787. The van der Waals surface area contributed by atoms with Crippen LogP contribution < -0.4 is 0 Å². The van der Waals surface area contributed by atoms with E-state index in [-0.39, 0.29) is 13.2 Å². The molecule has 1 saturated heterocycles. The summed E-state index contributed by atoms with van der Waals surface area (Å²) in [6, 6.07) is 0. The molecule has 1 fully saturated rings. The van der Waals surface area contributed by atoms with Gasteiger partial charge >= 0.3 is 12.1 Å². The van der Waals surface area contributed by atoms with E-state index in [1.165, 1.54) is 6.08 Å². The van der Waals surface area contributed by atoms with Gasteiger partial charge in [-0.3, -0.25) is 4.79 Å². The Morgan fingerprint density at radius 1 is 1.58 bits per heavy atom. The maximum Gasteiger partial charge on any atom is 0.508 e. The molecule has 1 N–H and O–H groups in total. The van der Waals surface area contributed by atoms with Crippen LogP contribution in [0.25, 0.3) is 0 Å². The van der Waals surface area contributed by atoms with E-state index < -0.39 is 17.5 Å². The molecule has 0 aromatic carbocycles. The van der Waals surface area contributed by atoms with E-state index >= 15 is 0 Å². The number of aliphatic carboxylic acids is 1. The summed E-state index contributed by atoms with van der Waals surface area (Å²) < 4.78 is 8.87. The van der Waals surface area contributed by atoms with Crippen molar-refractivity contribution in [3.63, 3.8) is 0 Å². The maximum atomic E-state index is 10.7. The third kappa shape index (κ3) is 1.25. The quantitative estimate of drug-likeness (QED) is 0.482. The van der Waals surface area contributed by atoms with E-state index in [0.717, 1.165) is 0 Å². The van der Waals surface area contributed by atoms with Crippen molar-refractivity contribution in [2.45, 2.75) is 0 Å². The summed E-state index contributed by atoms with van der Waals surface area (Å²) in [5.74, 6) is -1.11. The molecule has 0 unspecified atom stereocenters. The van der Waals surface area contributed by atoms with Gasteiger partial charge in [-0.15, -0.1) is 6.58 Å². The molecule has 0 radical (unpaired) electrons. The number of hydrogen-bond acceptors (Lipinski definition) is 4. The molecule has 0 aromatic rings. The molecule has 0 saturated carbocycles. The second kappa shape index (κ2) is 2.84. The Labute approximate surface area is 68.6 Å². The SMILES string of the molecule is C=CC1(C(=O)O)COC(=O)OC1. The van der Waals surface area contributed by atoms with Gasteiger partial charge in [0, 0.05) is 0 Å². The molecule has 5 nitrogen and oxygen atoms in total. The smallest absolute Gasteiger partial charge is 0.480 e. The fourth-order valence-corrected chi connectivity index (χ4v) is 0.787. The molecule has 12 heavy (non-hydrogen) atoms. The number of cyclic esters (lactones) is 2. The molecule has 66 valence electrons. The van der Waals surface area contributed by atoms with E-state index in [9.17, 15) is 9.59 Å². The second-order valence-electron chi connectivity index (χ2n) is 2.49. The lowest BCUT2D eigenvalue weighted by Crippen LogP contribution is -2.43. The van der Waals surface area contributed by atoms with E-state index in [1.54, 1.807) is 0 Å². The first-order chi connectivity index (χ1) is 5.60. The molecule has 1 aliphatic heterocycles. The molecule has 0 atom stereocenters. The van der Waals surface area contributed by atoms with E-state index in [0.29, 0.717) is 0 Å². The van der Waals surface area contributed by atoms with Gasteiger partial charge in [-0.1, -0.05) is 6.08 Å². The minimum atomic E-state index is -1.28. The third-order valence-corrected chi connectivity index (χ3v) is 1.71. The Morgan fingerprint density at radius 2 is 2.08 bits per heavy atom. The summed E-state index contributed by atoms with van der Waals surface area (Å²) in [4.78, 5) is 21.1. The number of carboxylic acid groups (broad SMARTS) is 1. The Hall–Kier alpha value is -1.52. The van der Waals surface area contributed by atoms with Gasteiger partial charge in [0.2, 0.25) is 0 Å². The van der Waals surface area contributed by atoms with Crippen LogP contribution in [0.4, 0.5) is 4.79 Å². The van der Waals surface area contributed by atoms with Crippen LogP contribution >= 0.6 is 0 Å². The van der Waals surface area contributed by atoms with Crippen molar-refractivity contribution in [2.75, 3.05) is 13.2 Å². The van der Waals surface area contributed by atoms with Crippen LogP contribution in [0.2, 0.25) is 0 Å². The zero-order valence-corrected chi connectivity index (χ0v) is 6.28. The summed E-state index contributed by atoms with van der Waals surface area (Å²) in [5, 5.41) is 8.73. The topological polar surface area (TPSA) is 72.8 Å². The van der Waals surface area contributed by atoms with Gasteiger partial charge in [0.1, 0.15) is 13.2 Å². The van der Waals surface area contributed by atoms with Crippen molar-refractivity contribution in [2.24, 2.45) is 5.41 Å². The molecule has 0 spiro atoms. The lowest BCUT2D eigenvalue weighted by atomic mass is 9.90. The predicted molar refractivity (Wildman–Crippen MR) is 37.6 cm³/mol. The molecule has 1 rings (SSSR count). The molecular formula is C7H8O5. The summed E-state index contributed by atoms with van der Waals surface area (Å²) >= 11 is 0. The van der Waals surface area contributed by atoms with Crippen molar-refractivity contribution >= 4 is 12.1 Å². The Kier molecular flexibility index (Phi) is 2.03. The van der Waals surface area contributed by atoms with Crippen molar-refractivity contribution in [1.82, 2.24) is 0 Å². The van der Waals surface area contributed by atoms with Crippen LogP contribution in [0.1, 0.15) is 0 Å². The first-order valence-electron chi connectivity index (χ1n) is 3.27. The average Bonchev–Trinajstić information content (AvgIpc) is 2.06. The maximum absolute atomic E-state index is 10.7. The van der Waals surface area contributed by atoms with Crippen LogP contribution in [0, 0.1) is 5.41 Å². The highest BCUT2D eigenvalue weighted by atomic mass is 16.7. The van der Waals surface area contributed by atoms with Gasteiger partial charge in [0.15, 0.2) is 5.41 Å². The number of rotatable bonds is 2. The molecule has 0 amide bonds. The number of carbonyl (C=O) groups is 2. The van der Waals surface area contributed by atoms with E-state index in [2.05, 4.69) is 16.1 Å². The van der Waals surface area contributed by atoms with Gasteiger partial charge < -0.3 is 14.6 Å².